The summed E-state index contributed by atoms with van der Waals surface area (Å²) in [4.78, 5) is 23.5. The smallest absolute Gasteiger partial charge is 0.254 e. The number of nitrogens with zero attached hydrogens (tertiary/aromatic N) is 2. The number of hydrogen-bond acceptors (Lipinski definition) is 5. The number of aromatic nitrogens is 2. The van der Waals surface area contributed by atoms with Gasteiger partial charge >= 0.3 is 0 Å². The van der Waals surface area contributed by atoms with Crippen molar-refractivity contribution >= 4 is 16.8 Å². The van der Waals surface area contributed by atoms with Gasteiger partial charge in [0.25, 0.3) is 5.91 Å². The average molecular weight is 520 g/mol. The number of rotatable bonds is 8. The number of nitrogens with one attached hydrogen (secondary N) is 1. The highest BCUT2D eigenvalue weighted by atomic mass is 16.7. The topological polar surface area (TPSA) is 76.7 Å². The molecule has 0 saturated carbocycles. The van der Waals surface area contributed by atoms with Gasteiger partial charge in [-0.25, -0.2) is 0 Å². The minimum atomic E-state index is -0.0486. The van der Waals surface area contributed by atoms with Gasteiger partial charge in [0, 0.05) is 34.9 Å². The van der Waals surface area contributed by atoms with Crippen LogP contribution in [0.4, 0.5) is 0 Å². The van der Waals surface area contributed by atoms with E-state index in [9.17, 15) is 4.79 Å². The summed E-state index contributed by atoms with van der Waals surface area (Å²) in [5, 5.41) is 1.06. The normalized spacial score (nSPS) is 12.1. The maximum Gasteiger partial charge on any atom is 0.254 e. The number of amides is 1. The molecule has 0 unspecified atom stereocenters. The van der Waals surface area contributed by atoms with Gasteiger partial charge in [-0.15, -0.1) is 0 Å². The molecule has 0 atom stereocenters. The number of carbonyl (C=O) groups is 1. The molecule has 1 aliphatic rings. The van der Waals surface area contributed by atoms with Crippen LogP contribution in [0.1, 0.15) is 38.4 Å². The Morgan fingerprint density at radius 2 is 1.82 bits per heavy atom. The zero-order chi connectivity index (χ0) is 26.8. The molecule has 0 bridgehead atoms. The van der Waals surface area contributed by atoms with Crippen LogP contribution in [0.3, 0.4) is 0 Å². The average Bonchev–Trinajstić information content (AvgIpc) is 3.55. The van der Waals surface area contributed by atoms with Gasteiger partial charge in [0.2, 0.25) is 6.79 Å². The van der Waals surface area contributed by atoms with E-state index in [4.69, 9.17) is 14.2 Å². The Hall–Kier alpha value is -4.78. The van der Waals surface area contributed by atoms with E-state index in [2.05, 4.69) is 16.9 Å². The van der Waals surface area contributed by atoms with Crippen molar-refractivity contribution in [3.8, 4) is 17.2 Å². The van der Waals surface area contributed by atoms with Gasteiger partial charge in [-0.2, -0.15) is 0 Å². The standard InChI is InChI=1S/C32H29N3O4/c1-21-22(2)34-29-11-10-25(16-28(21)29)32(36)35(18-26-7-3-4-13-33-26)17-23-6-5-8-27(14-23)37-19-24-9-12-30-31(15-24)39-20-38-30/h3-16,34H,17-20H2,1-2H3. The molecule has 39 heavy (non-hydrogen) atoms. The molecule has 2 aromatic heterocycles. The summed E-state index contributed by atoms with van der Waals surface area (Å²) < 4.78 is 16.9. The summed E-state index contributed by atoms with van der Waals surface area (Å²) in [7, 11) is 0. The van der Waals surface area contributed by atoms with E-state index in [1.807, 2.05) is 90.7 Å². The maximum absolute atomic E-state index is 13.8. The van der Waals surface area contributed by atoms with Crippen molar-refractivity contribution in [2.75, 3.05) is 6.79 Å². The molecule has 6 rings (SSSR count). The predicted octanol–water partition coefficient (Wildman–Crippen LogP) is 6.33. The van der Waals surface area contributed by atoms with Gasteiger partial charge in [-0.05, 0) is 85.1 Å². The summed E-state index contributed by atoms with van der Waals surface area (Å²) in [5.41, 5.74) is 6.73. The van der Waals surface area contributed by atoms with E-state index in [1.165, 1.54) is 0 Å². The third kappa shape index (κ3) is 5.29. The van der Waals surface area contributed by atoms with E-state index in [0.717, 1.165) is 56.2 Å². The Kier molecular flexibility index (Phi) is 6.63. The number of ether oxygens (including phenoxy) is 3. The van der Waals surface area contributed by atoms with Crippen molar-refractivity contribution in [3.63, 3.8) is 0 Å². The minimum Gasteiger partial charge on any atom is -0.489 e. The van der Waals surface area contributed by atoms with Crippen LogP contribution >= 0.6 is 0 Å². The summed E-state index contributed by atoms with van der Waals surface area (Å²) in [6.07, 6.45) is 1.75. The van der Waals surface area contributed by atoms with Crippen LogP contribution < -0.4 is 14.2 Å². The lowest BCUT2D eigenvalue weighted by Gasteiger charge is -2.23. The van der Waals surface area contributed by atoms with E-state index in [-0.39, 0.29) is 12.7 Å². The molecule has 0 radical (unpaired) electrons. The third-order valence-corrected chi connectivity index (χ3v) is 7.04. The number of hydrogen-bond donors (Lipinski definition) is 1. The molecule has 1 amide bonds. The van der Waals surface area contributed by atoms with Gasteiger partial charge < -0.3 is 24.1 Å². The number of fused-ring (bicyclic) bond motifs is 2. The van der Waals surface area contributed by atoms with E-state index in [0.29, 0.717) is 25.3 Å². The Balaban J connectivity index is 1.22. The third-order valence-electron chi connectivity index (χ3n) is 7.04. The van der Waals surface area contributed by atoms with Gasteiger partial charge in [0.05, 0.1) is 12.2 Å². The first-order valence-electron chi connectivity index (χ1n) is 12.9. The minimum absolute atomic E-state index is 0.0486. The molecule has 196 valence electrons. The lowest BCUT2D eigenvalue weighted by Crippen LogP contribution is -2.30. The quantitative estimate of drug-likeness (QED) is 0.259. The SMILES string of the molecule is Cc1[nH]c2ccc(C(=O)N(Cc3cccc(OCc4ccc5c(c4)OCO5)c3)Cc3ccccn3)cc2c1C. The fourth-order valence-electron chi connectivity index (χ4n) is 4.81. The van der Waals surface area contributed by atoms with Gasteiger partial charge in [0.15, 0.2) is 11.5 Å². The van der Waals surface area contributed by atoms with Crippen molar-refractivity contribution in [2.45, 2.75) is 33.5 Å². The molecule has 1 aliphatic heterocycles. The van der Waals surface area contributed by atoms with Crippen LogP contribution in [0.15, 0.2) is 85.1 Å². The number of aromatic amines is 1. The summed E-state index contributed by atoms with van der Waals surface area (Å²) in [6.45, 7) is 5.57. The molecule has 0 saturated heterocycles. The number of pyridine rings is 1. The Morgan fingerprint density at radius 1 is 0.923 bits per heavy atom. The van der Waals surface area contributed by atoms with Crippen LogP contribution in [-0.4, -0.2) is 27.6 Å². The summed E-state index contributed by atoms with van der Waals surface area (Å²) in [6, 6.07) is 25.3. The van der Waals surface area contributed by atoms with Crippen molar-refractivity contribution in [1.29, 1.82) is 0 Å². The van der Waals surface area contributed by atoms with Crippen LogP contribution in [-0.2, 0) is 19.7 Å². The van der Waals surface area contributed by atoms with Crippen molar-refractivity contribution in [3.05, 3.63) is 119 Å². The van der Waals surface area contributed by atoms with Crippen molar-refractivity contribution in [2.24, 2.45) is 0 Å². The van der Waals surface area contributed by atoms with Crippen LogP contribution in [0, 0.1) is 13.8 Å². The van der Waals surface area contributed by atoms with E-state index >= 15 is 0 Å². The second-order valence-corrected chi connectivity index (χ2v) is 9.74. The number of carbonyl (C=O) groups excluding carboxylic acids is 1. The second kappa shape index (κ2) is 10.5. The van der Waals surface area contributed by atoms with Crippen LogP contribution in [0.25, 0.3) is 10.9 Å². The number of aryl methyl sites for hydroxylation is 2. The lowest BCUT2D eigenvalue weighted by atomic mass is 10.1. The monoisotopic (exact) mass is 519 g/mol. The molecular weight excluding hydrogens is 490 g/mol. The molecule has 3 heterocycles. The maximum atomic E-state index is 13.8. The molecule has 1 N–H and O–H groups in total. The van der Waals surface area contributed by atoms with Crippen LogP contribution in [0.2, 0.25) is 0 Å². The molecule has 7 nitrogen and oxygen atoms in total. The highest BCUT2D eigenvalue weighted by Gasteiger charge is 2.19. The second-order valence-electron chi connectivity index (χ2n) is 9.74. The molecule has 0 spiro atoms. The largest absolute Gasteiger partial charge is 0.489 e. The van der Waals surface area contributed by atoms with E-state index < -0.39 is 0 Å². The first-order valence-corrected chi connectivity index (χ1v) is 12.9. The highest BCUT2D eigenvalue weighted by molar-refractivity contribution is 5.99. The van der Waals surface area contributed by atoms with Crippen LogP contribution in [0.5, 0.6) is 17.2 Å². The van der Waals surface area contributed by atoms with Gasteiger partial charge in [0.1, 0.15) is 12.4 Å². The molecule has 7 heteroatoms. The Labute approximate surface area is 227 Å². The summed E-state index contributed by atoms with van der Waals surface area (Å²) in [5.74, 6) is 2.17. The van der Waals surface area contributed by atoms with Crippen molar-refractivity contribution in [1.82, 2.24) is 14.9 Å². The highest BCUT2D eigenvalue weighted by Crippen LogP contribution is 2.33. The van der Waals surface area contributed by atoms with Gasteiger partial charge in [-0.1, -0.05) is 24.3 Å². The van der Waals surface area contributed by atoms with Gasteiger partial charge in [-0.3, -0.25) is 9.78 Å². The molecular formula is C32H29N3O4. The molecule has 0 aliphatic carbocycles. The van der Waals surface area contributed by atoms with Crippen molar-refractivity contribution < 1.29 is 19.0 Å². The van der Waals surface area contributed by atoms with E-state index in [1.54, 1.807) is 6.20 Å². The molecule has 5 aromatic rings. The Morgan fingerprint density at radius 3 is 2.69 bits per heavy atom. The zero-order valence-electron chi connectivity index (χ0n) is 21.9. The number of H-pyrrole nitrogens is 1. The zero-order valence-corrected chi connectivity index (χ0v) is 21.9. The first-order chi connectivity index (χ1) is 19.0. The molecule has 0 fully saturated rings. The lowest BCUT2D eigenvalue weighted by molar-refractivity contribution is 0.0728. The number of benzene rings is 3. The molecule has 3 aromatic carbocycles. The fraction of sp³-hybridized carbons (Fsp3) is 0.188. The fourth-order valence-corrected chi connectivity index (χ4v) is 4.81. The summed E-state index contributed by atoms with van der Waals surface area (Å²) >= 11 is 0. The Bertz CT molecular complexity index is 1640. The first kappa shape index (κ1) is 24.6. The predicted molar refractivity (Wildman–Crippen MR) is 149 cm³/mol.